The van der Waals surface area contributed by atoms with Gasteiger partial charge in [-0.15, -0.1) is 0 Å². The number of furan rings is 1. The molecule has 2 aromatic rings. The summed E-state index contributed by atoms with van der Waals surface area (Å²) in [5.74, 6) is -0.638. The van der Waals surface area contributed by atoms with Crippen molar-refractivity contribution in [2.75, 3.05) is 6.61 Å². The first-order valence-corrected chi connectivity index (χ1v) is 9.65. The van der Waals surface area contributed by atoms with Crippen molar-refractivity contribution < 1.29 is 23.8 Å². The quantitative estimate of drug-likeness (QED) is 0.612. The molecule has 5 nitrogen and oxygen atoms in total. The van der Waals surface area contributed by atoms with Gasteiger partial charge in [-0.3, -0.25) is 4.79 Å². The largest absolute Gasteiger partial charge is 0.508 e. The molecule has 0 bridgehead atoms. The zero-order chi connectivity index (χ0) is 20.5. The van der Waals surface area contributed by atoms with E-state index in [1.54, 1.807) is 49.6 Å². The third-order valence-electron chi connectivity index (χ3n) is 5.44. The van der Waals surface area contributed by atoms with Crippen LogP contribution in [0.2, 0.25) is 0 Å². The lowest BCUT2D eigenvalue weighted by Gasteiger charge is -2.28. The minimum absolute atomic E-state index is 0.0139. The fourth-order valence-corrected chi connectivity index (χ4v) is 4.22. The first kappa shape index (κ1) is 19.0. The predicted molar refractivity (Wildman–Crippen MR) is 108 cm³/mol. The molecule has 2 atom stereocenters. The summed E-state index contributed by atoms with van der Waals surface area (Å²) >= 11 is 0. The topological polar surface area (TPSA) is 76.7 Å². The number of hydrogen-bond acceptors (Lipinski definition) is 5. The van der Waals surface area contributed by atoms with Crippen LogP contribution in [0.1, 0.15) is 37.5 Å². The van der Waals surface area contributed by atoms with Crippen LogP contribution in [0.15, 0.2) is 75.4 Å². The maximum absolute atomic E-state index is 13.4. The highest BCUT2D eigenvalue weighted by atomic mass is 16.5. The van der Waals surface area contributed by atoms with Gasteiger partial charge in [0.05, 0.1) is 30.3 Å². The molecule has 0 amide bonds. The predicted octanol–water partition coefficient (Wildman–Crippen LogP) is 4.56. The fourth-order valence-electron chi connectivity index (χ4n) is 4.22. The van der Waals surface area contributed by atoms with Gasteiger partial charge in [0, 0.05) is 5.57 Å². The Kier molecular flexibility index (Phi) is 4.97. The number of ether oxygens (including phenoxy) is 1. The molecule has 0 saturated heterocycles. The molecule has 2 aliphatic rings. The van der Waals surface area contributed by atoms with Gasteiger partial charge in [0.1, 0.15) is 11.5 Å². The Morgan fingerprint density at radius 2 is 2.00 bits per heavy atom. The molecule has 1 fully saturated rings. The minimum Gasteiger partial charge on any atom is -0.508 e. The van der Waals surface area contributed by atoms with E-state index in [2.05, 4.69) is 0 Å². The van der Waals surface area contributed by atoms with E-state index in [-0.39, 0.29) is 18.1 Å². The summed E-state index contributed by atoms with van der Waals surface area (Å²) in [6, 6.07) is 10.3. The monoisotopic (exact) mass is 390 g/mol. The molecular formula is C24H22O5. The Hall–Kier alpha value is -3.34. The highest BCUT2D eigenvalue weighted by Crippen LogP contribution is 2.49. The fraction of sp³-hybridized carbons (Fsp3) is 0.250. The molecule has 2 aliphatic carbocycles. The van der Waals surface area contributed by atoms with E-state index in [1.807, 2.05) is 19.1 Å². The van der Waals surface area contributed by atoms with Crippen LogP contribution in [-0.2, 0) is 14.3 Å². The SMILES string of the molecule is CCOC(=O)C1=C(C)C=C2C/C(=C/c3ccc(O)cc3)C(=O)C2C1c1ccco1. The molecule has 0 spiro atoms. The van der Waals surface area contributed by atoms with Gasteiger partial charge in [-0.05, 0) is 61.7 Å². The van der Waals surface area contributed by atoms with Crippen molar-refractivity contribution >= 4 is 17.8 Å². The van der Waals surface area contributed by atoms with E-state index in [4.69, 9.17) is 9.15 Å². The molecule has 148 valence electrons. The number of rotatable bonds is 4. The van der Waals surface area contributed by atoms with Gasteiger partial charge in [-0.25, -0.2) is 4.79 Å². The number of hydrogen-bond donors (Lipinski definition) is 1. The second-order valence-corrected chi connectivity index (χ2v) is 7.31. The summed E-state index contributed by atoms with van der Waals surface area (Å²) in [5, 5.41) is 9.48. The second kappa shape index (κ2) is 7.59. The summed E-state index contributed by atoms with van der Waals surface area (Å²) in [4.78, 5) is 26.1. The third kappa shape index (κ3) is 3.44. The van der Waals surface area contributed by atoms with Crippen molar-refractivity contribution in [3.05, 3.63) is 82.4 Å². The van der Waals surface area contributed by atoms with Crippen LogP contribution < -0.4 is 0 Å². The molecule has 0 radical (unpaired) electrons. The average molecular weight is 390 g/mol. The molecule has 1 aromatic carbocycles. The third-order valence-corrected chi connectivity index (χ3v) is 5.44. The number of Topliss-reactive ketones (excluding diaryl/α,β-unsaturated/α-hetero) is 1. The molecule has 5 heteroatoms. The Morgan fingerprint density at radius 3 is 2.66 bits per heavy atom. The van der Waals surface area contributed by atoms with Crippen molar-refractivity contribution in [3.8, 4) is 5.75 Å². The molecule has 1 aromatic heterocycles. The number of carbonyl (C=O) groups excluding carboxylic acids is 2. The zero-order valence-electron chi connectivity index (χ0n) is 16.3. The van der Waals surface area contributed by atoms with E-state index in [1.165, 1.54) is 0 Å². The van der Waals surface area contributed by atoms with Crippen LogP contribution in [0, 0.1) is 5.92 Å². The van der Waals surface area contributed by atoms with Gasteiger partial charge in [-0.1, -0.05) is 23.8 Å². The summed E-state index contributed by atoms with van der Waals surface area (Å²) in [6.07, 6.45) is 5.86. The number of carbonyl (C=O) groups is 2. The highest BCUT2D eigenvalue weighted by Gasteiger charge is 2.47. The standard InChI is InChI=1S/C24H22O5/c1-3-28-24(27)20-14(2)11-16-13-17(12-15-6-8-18(25)9-7-15)23(26)21(16)22(20)19-5-4-10-29-19/h4-12,21-22,25H,3,13H2,1-2H3/b17-12-. The molecule has 1 N–H and O–H groups in total. The molecule has 2 unspecified atom stereocenters. The van der Waals surface area contributed by atoms with E-state index in [0.717, 1.165) is 16.7 Å². The van der Waals surface area contributed by atoms with Crippen LogP contribution in [0.25, 0.3) is 6.08 Å². The number of phenolic OH excluding ortho intramolecular Hbond substituents is 1. The maximum atomic E-state index is 13.4. The number of ketones is 1. The molecule has 4 rings (SSSR count). The number of fused-ring (bicyclic) bond motifs is 1. The molecule has 0 aliphatic heterocycles. The molecule has 29 heavy (non-hydrogen) atoms. The molecule has 1 saturated carbocycles. The van der Waals surface area contributed by atoms with Crippen LogP contribution in [-0.4, -0.2) is 23.5 Å². The first-order valence-electron chi connectivity index (χ1n) is 9.65. The van der Waals surface area contributed by atoms with Gasteiger partial charge in [0.2, 0.25) is 0 Å². The lowest BCUT2D eigenvalue weighted by atomic mass is 9.74. The van der Waals surface area contributed by atoms with Crippen molar-refractivity contribution in [3.63, 3.8) is 0 Å². The van der Waals surface area contributed by atoms with Crippen LogP contribution in [0.4, 0.5) is 0 Å². The smallest absolute Gasteiger partial charge is 0.335 e. The summed E-state index contributed by atoms with van der Waals surface area (Å²) < 4.78 is 10.9. The number of esters is 1. The Bertz CT molecular complexity index is 1040. The summed E-state index contributed by atoms with van der Waals surface area (Å²) in [5.41, 5.74) is 3.79. The number of aromatic hydroxyl groups is 1. The van der Waals surface area contributed by atoms with Crippen molar-refractivity contribution in [1.82, 2.24) is 0 Å². The van der Waals surface area contributed by atoms with Crippen LogP contribution in [0.5, 0.6) is 5.75 Å². The van der Waals surface area contributed by atoms with Gasteiger partial charge in [-0.2, -0.15) is 0 Å². The zero-order valence-corrected chi connectivity index (χ0v) is 16.3. The highest BCUT2D eigenvalue weighted by molar-refractivity contribution is 6.08. The summed E-state index contributed by atoms with van der Waals surface area (Å²) in [6.45, 7) is 3.90. The number of benzene rings is 1. The average Bonchev–Trinajstić information content (AvgIpc) is 3.32. The van der Waals surface area contributed by atoms with Crippen molar-refractivity contribution in [1.29, 1.82) is 0 Å². The molecular weight excluding hydrogens is 368 g/mol. The van der Waals surface area contributed by atoms with Crippen LogP contribution in [0.3, 0.4) is 0 Å². The maximum Gasteiger partial charge on any atom is 0.335 e. The van der Waals surface area contributed by atoms with E-state index in [0.29, 0.717) is 23.3 Å². The normalized spacial score (nSPS) is 22.6. The summed E-state index contributed by atoms with van der Waals surface area (Å²) in [7, 11) is 0. The van der Waals surface area contributed by atoms with E-state index < -0.39 is 17.8 Å². The molecule has 1 heterocycles. The van der Waals surface area contributed by atoms with E-state index >= 15 is 0 Å². The Morgan fingerprint density at radius 1 is 1.24 bits per heavy atom. The Labute approximate surface area is 169 Å². The second-order valence-electron chi connectivity index (χ2n) is 7.31. The Balaban J connectivity index is 1.76. The van der Waals surface area contributed by atoms with Crippen LogP contribution >= 0.6 is 0 Å². The van der Waals surface area contributed by atoms with E-state index in [9.17, 15) is 14.7 Å². The van der Waals surface area contributed by atoms with Crippen molar-refractivity contribution in [2.24, 2.45) is 5.92 Å². The van der Waals surface area contributed by atoms with Gasteiger partial charge in [0.25, 0.3) is 0 Å². The van der Waals surface area contributed by atoms with Gasteiger partial charge >= 0.3 is 5.97 Å². The van der Waals surface area contributed by atoms with Gasteiger partial charge < -0.3 is 14.3 Å². The lowest BCUT2D eigenvalue weighted by molar-refractivity contribution is -0.139. The lowest BCUT2D eigenvalue weighted by Crippen LogP contribution is -2.28. The minimum atomic E-state index is -0.498. The number of allylic oxidation sites excluding steroid dienone is 4. The van der Waals surface area contributed by atoms with Gasteiger partial charge in [0.15, 0.2) is 5.78 Å². The first-order chi connectivity index (χ1) is 14.0. The number of phenols is 1. The van der Waals surface area contributed by atoms with Crippen molar-refractivity contribution in [2.45, 2.75) is 26.2 Å².